The Morgan fingerprint density at radius 1 is 1.07 bits per heavy atom. The van der Waals surface area contributed by atoms with Crippen LogP contribution in [0.5, 0.6) is 0 Å². The zero-order valence-corrected chi connectivity index (χ0v) is 8.87. The van der Waals surface area contributed by atoms with Crippen LogP contribution >= 0.6 is 12.2 Å². The van der Waals surface area contributed by atoms with Crippen molar-refractivity contribution in [3.8, 4) is 0 Å². The van der Waals surface area contributed by atoms with Crippen molar-refractivity contribution in [1.29, 1.82) is 0 Å². The highest BCUT2D eigenvalue weighted by atomic mass is 32.1. The maximum Gasteiger partial charge on any atom is 0.112 e. The molecule has 0 bridgehead atoms. The number of nitrogens with one attached hydrogen (secondary N) is 1. The van der Waals surface area contributed by atoms with Crippen molar-refractivity contribution in [1.82, 2.24) is 4.98 Å². The van der Waals surface area contributed by atoms with Gasteiger partial charge >= 0.3 is 0 Å². The van der Waals surface area contributed by atoms with Gasteiger partial charge in [0.15, 0.2) is 0 Å². The van der Waals surface area contributed by atoms with E-state index in [2.05, 4.69) is 10.3 Å². The van der Waals surface area contributed by atoms with Crippen LogP contribution in [0.3, 0.4) is 0 Å². The van der Waals surface area contributed by atoms with Gasteiger partial charge in [-0.1, -0.05) is 30.4 Å². The van der Waals surface area contributed by atoms with Gasteiger partial charge in [0.2, 0.25) is 0 Å². The Bertz CT molecular complexity index is 440. The molecule has 0 radical (unpaired) electrons. The second-order valence-corrected chi connectivity index (χ2v) is 3.47. The Balaban J connectivity index is 2.12. The van der Waals surface area contributed by atoms with E-state index in [0.29, 0.717) is 4.99 Å². The number of aromatic nitrogens is 1. The highest BCUT2D eigenvalue weighted by Gasteiger charge is 1.99. The van der Waals surface area contributed by atoms with Gasteiger partial charge in [-0.3, -0.25) is 4.98 Å². The lowest BCUT2D eigenvalue weighted by Gasteiger charge is -2.06. The molecule has 0 aliphatic carbocycles. The summed E-state index contributed by atoms with van der Waals surface area (Å²) < 4.78 is 0. The largest absolute Gasteiger partial charge is 0.346 e. The summed E-state index contributed by atoms with van der Waals surface area (Å²) in [6.45, 7) is 0. The molecule has 0 unspecified atom stereocenters. The van der Waals surface area contributed by atoms with E-state index in [1.807, 2.05) is 42.5 Å². The zero-order chi connectivity index (χ0) is 10.5. The maximum absolute atomic E-state index is 5.25. The summed E-state index contributed by atoms with van der Waals surface area (Å²) in [5.41, 5.74) is 1.92. The number of rotatable bonds is 2. The van der Waals surface area contributed by atoms with Gasteiger partial charge in [-0.25, -0.2) is 0 Å². The predicted molar refractivity (Wildman–Crippen MR) is 66.0 cm³/mol. The molecule has 15 heavy (non-hydrogen) atoms. The first-order valence-electron chi connectivity index (χ1n) is 4.63. The lowest BCUT2D eigenvalue weighted by molar-refractivity contribution is 1.32. The number of hydrogen-bond acceptors (Lipinski definition) is 2. The Hall–Kier alpha value is -1.74. The molecule has 3 heteroatoms. The molecular formula is C12H10N2S. The smallest absolute Gasteiger partial charge is 0.112 e. The molecule has 0 fully saturated rings. The minimum absolute atomic E-state index is 0.689. The molecular weight excluding hydrogens is 204 g/mol. The fraction of sp³-hybridized carbons (Fsp3) is 0. The molecule has 2 aromatic rings. The molecule has 74 valence electrons. The predicted octanol–water partition coefficient (Wildman–Crippen LogP) is 2.87. The molecule has 0 amide bonds. The quantitative estimate of drug-likeness (QED) is 0.778. The number of pyridine rings is 1. The van der Waals surface area contributed by atoms with Crippen molar-refractivity contribution in [2.24, 2.45) is 0 Å². The van der Waals surface area contributed by atoms with Crippen molar-refractivity contribution in [2.45, 2.75) is 0 Å². The summed E-state index contributed by atoms with van der Waals surface area (Å²) in [6, 6.07) is 13.7. The molecule has 1 aromatic heterocycles. The fourth-order valence-corrected chi connectivity index (χ4v) is 1.46. The van der Waals surface area contributed by atoms with Crippen LogP contribution < -0.4 is 5.32 Å². The lowest BCUT2D eigenvalue weighted by Crippen LogP contribution is -2.10. The van der Waals surface area contributed by atoms with E-state index in [1.165, 1.54) is 0 Å². The van der Waals surface area contributed by atoms with Crippen LogP contribution in [-0.4, -0.2) is 9.97 Å². The first kappa shape index (κ1) is 9.80. The normalized spacial score (nSPS) is 9.60. The Morgan fingerprint density at radius 2 is 1.87 bits per heavy atom. The number of hydrogen-bond donors (Lipinski definition) is 1. The molecule has 1 aromatic carbocycles. The van der Waals surface area contributed by atoms with Crippen molar-refractivity contribution in [3.05, 3.63) is 60.4 Å². The van der Waals surface area contributed by atoms with E-state index >= 15 is 0 Å². The third-order valence-corrected chi connectivity index (χ3v) is 2.29. The van der Waals surface area contributed by atoms with Crippen molar-refractivity contribution in [3.63, 3.8) is 0 Å². The molecule has 0 saturated heterocycles. The van der Waals surface area contributed by atoms with Gasteiger partial charge in [0, 0.05) is 23.6 Å². The van der Waals surface area contributed by atoms with Crippen molar-refractivity contribution in [2.75, 3.05) is 5.32 Å². The third-order valence-electron chi connectivity index (χ3n) is 1.96. The van der Waals surface area contributed by atoms with Crippen LogP contribution in [0.4, 0.5) is 5.69 Å². The Labute approximate surface area is 94.0 Å². The third kappa shape index (κ3) is 2.60. The van der Waals surface area contributed by atoms with Gasteiger partial charge in [0.05, 0.1) is 0 Å². The first-order valence-corrected chi connectivity index (χ1v) is 5.03. The number of para-hydroxylation sites is 1. The van der Waals surface area contributed by atoms with E-state index in [4.69, 9.17) is 12.2 Å². The van der Waals surface area contributed by atoms with Gasteiger partial charge in [-0.2, -0.15) is 0 Å². The second-order valence-electron chi connectivity index (χ2n) is 3.06. The van der Waals surface area contributed by atoms with Gasteiger partial charge in [-0.05, 0) is 24.3 Å². The summed E-state index contributed by atoms with van der Waals surface area (Å²) in [7, 11) is 0. The molecule has 0 spiro atoms. The van der Waals surface area contributed by atoms with Crippen LogP contribution in [0.2, 0.25) is 0 Å². The maximum atomic E-state index is 5.25. The number of benzene rings is 1. The van der Waals surface area contributed by atoms with Crippen LogP contribution in [0.1, 0.15) is 5.56 Å². The molecule has 0 saturated carbocycles. The topological polar surface area (TPSA) is 24.9 Å². The van der Waals surface area contributed by atoms with Crippen LogP contribution in [0.25, 0.3) is 0 Å². The molecule has 1 N–H and O–H groups in total. The first-order chi connectivity index (χ1) is 7.36. The van der Waals surface area contributed by atoms with E-state index in [1.54, 1.807) is 12.4 Å². The summed E-state index contributed by atoms with van der Waals surface area (Å²) >= 11 is 5.25. The highest BCUT2D eigenvalue weighted by molar-refractivity contribution is 7.81. The minimum Gasteiger partial charge on any atom is -0.346 e. The fourth-order valence-electron chi connectivity index (χ4n) is 1.22. The van der Waals surface area contributed by atoms with E-state index < -0.39 is 0 Å². The monoisotopic (exact) mass is 214 g/mol. The van der Waals surface area contributed by atoms with E-state index in [0.717, 1.165) is 11.3 Å². The van der Waals surface area contributed by atoms with Gasteiger partial charge in [-0.15, -0.1) is 0 Å². The molecule has 0 aliphatic rings. The van der Waals surface area contributed by atoms with Crippen LogP contribution in [0.15, 0.2) is 54.9 Å². The van der Waals surface area contributed by atoms with Gasteiger partial charge in [0.25, 0.3) is 0 Å². The molecule has 2 rings (SSSR count). The Morgan fingerprint density at radius 3 is 2.53 bits per heavy atom. The van der Waals surface area contributed by atoms with E-state index in [9.17, 15) is 0 Å². The van der Waals surface area contributed by atoms with Crippen molar-refractivity contribution < 1.29 is 0 Å². The van der Waals surface area contributed by atoms with Gasteiger partial charge < -0.3 is 5.32 Å². The molecule has 2 nitrogen and oxygen atoms in total. The second kappa shape index (κ2) is 4.66. The Kier molecular flexibility index (Phi) is 3.05. The molecule has 0 atom stereocenters. The lowest BCUT2D eigenvalue weighted by atomic mass is 10.2. The summed E-state index contributed by atoms with van der Waals surface area (Å²) in [5.74, 6) is 0. The van der Waals surface area contributed by atoms with Crippen LogP contribution in [-0.2, 0) is 0 Å². The summed E-state index contributed by atoms with van der Waals surface area (Å²) in [4.78, 5) is 4.71. The molecule has 0 aliphatic heterocycles. The van der Waals surface area contributed by atoms with E-state index in [-0.39, 0.29) is 0 Å². The number of nitrogens with zero attached hydrogens (tertiary/aromatic N) is 1. The average molecular weight is 214 g/mol. The average Bonchev–Trinajstić information content (AvgIpc) is 2.31. The standard InChI is InChI=1S/C12H10N2S/c15-12(10-5-4-8-13-9-10)14-11-6-2-1-3-7-11/h1-9H,(H,14,15). The summed E-state index contributed by atoms with van der Waals surface area (Å²) in [5, 5.41) is 3.15. The zero-order valence-electron chi connectivity index (χ0n) is 8.05. The number of anilines is 1. The SMILES string of the molecule is S=C(Nc1ccccc1)c1cccnc1. The summed E-state index contributed by atoms with van der Waals surface area (Å²) in [6.07, 6.45) is 3.48. The number of thiocarbonyl (C=S) groups is 1. The minimum atomic E-state index is 0.689. The van der Waals surface area contributed by atoms with Crippen molar-refractivity contribution >= 4 is 22.9 Å². The highest BCUT2D eigenvalue weighted by Crippen LogP contribution is 2.08. The van der Waals surface area contributed by atoms with Gasteiger partial charge in [0.1, 0.15) is 4.99 Å². The van der Waals surface area contributed by atoms with Crippen LogP contribution in [0, 0.1) is 0 Å². The molecule has 1 heterocycles.